The van der Waals surface area contributed by atoms with Crippen LogP contribution in [0.1, 0.15) is 28.4 Å². The van der Waals surface area contributed by atoms with E-state index in [1.54, 1.807) is 25.4 Å². The zero-order valence-corrected chi connectivity index (χ0v) is 26.7. The number of nitrogens with one attached hydrogen (secondary N) is 3. The number of nitrogen functional groups attached to an aromatic ring is 1. The Morgan fingerprint density at radius 2 is 1.69 bits per heavy atom. The van der Waals surface area contributed by atoms with Crippen molar-refractivity contribution in [1.29, 1.82) is 0 Å². The van der Waals surface area contributed by atoms with Crippen LogP contribution >= 0.6 is 0 Å². The minimum Gasteiger partial charge on any atom is -0.506 e. The maximum Gasteiger partial charge on any atom is 0.248 e. The Morgan fingerprint density at radius 3 is 2.50 bits per heavy atom. The molecule has 48 heavy (non-hydrogen) atoms. The summed E-state index contributed by atoms with van der Waals surface area (Å²) in [7, 11) is 1.69. The lowest BCUT2D eigenvalue weighted by Gasteiger charge is -2.16. The number of fused-ring (bicyclic) bond motifs is 1. The van der Waals surface area contributed by atoms with E-state index in [4.69, 9.17) is 10.5 Å². The molecule has 9 heteroatoms. The van der Waals surface area contributed by atoms with Gasteiger partial charge in [-0.05, 0) is 94.4 Å². The lowest BCUT2D eigenvalue weighted by molar-refractivity contribution is 0.176. The molecule has 0 saturated carbocycles. The molecule has 0 spiro atoms. The third kappa shape index (κ3) is 7.56. The summed E-state index contributed by atoms with van der Waals surface area (Å²) < 4.78 is 5.75. The van der Waals surface area contributed by atoms with Gasteiger partial charge in [0.15, 0.2) is 0 Å². The Hall–Kier alpha value is -5.48. The van der Waals surface area contributed by atoms with Crippen molar-refractivity contribution in [1.82, 2.24) is 20.6 Å². The first-order valence-corrected chi connectivity index (χ1v) is 15.9. The molecule has 0 aliphatic carbocycles. The molecule has 4 aromatic carbocycles. The van der Waals surface area contributed by atoms with E-state index in [1.807, 2.05) is 36.5 Å². The zero-order chi connectivity index (χ0) is 33.5. The molecule has 0 saturated heterocycles. The molecule has 0 aliphatic heterocycles. The van der Waals surface area contributed by atoms with E-state index in [0.717, 1.165) is 52.2 Å². The molecule has 7 N–H and O–H groups in total. The number of hydrogen-bond acceptors (Lipinski definition) is 8. The van der Waals surface area contributed by atoms with E-state index in [2.05, 4.69) is 63.1 Å². The SMILES string of the molecule is COc1ccc(-c2ccc(CCNC[C@H](O)c3ccc(O)c4[nH]c(=O)ccc34)c(N)c2)cc1-c1cccc(CNCc2cccnc2)c1. The number of aromatic nitrogens is 2. The molecule has 9 nitrogen and oxygen atoms in total. The highest BCUT2D eigenvalue weighted by molar-refractivity contribution is 5.87. The number of aliphatic hydroxyl groups is 1. The lowest BCUT2D eigenvalue weighted by atomic mass is 9.95. The van der Waals surface area contributed by atoms with Crippen LogP contribution in [0.25, 0.3) is 33.2 Å². The minimum atomic E-state index is -0.827. The average Bonchev–Trinajstić information content (AvgIpc) is 3.11. The fourth-order valence-corrected chi connectivity index (χ4v) is 5.94. The van der Waals surface area contributed by atoms with Crippen LogP contribution in [0.2, 0.25) is 0 Å². The summed E-state index contributed by atoms with van der Waals surface area (Å²) in [5.74, 6) is 0.761. The molecule has 244 valence electrons. The fraction of sp³-hybridized carbons (Fsp3) is 0.179. The van der Waals surface area contributed by atoms with Gasteiger partial charge in [-0.3, -0.25) is 9.78 Å². The maximum absolute atomic E-state index is 11.7. The largest absolute Gasteiger partial charge is 0.506 e. The summed E-state index contributed by atoms with van der Waals surface area (Å²) >= 11 is 0. The van der Waals surface area contributed by atoms with Crippen LogP contribution in [0.5, 0.6) is 11.5 Å². The number of hydrogen-bond donors (Lipinski definition) is 6. The lowest BCUT2D eigenvalue weighted by Crippen LogP contribution is -2.24. The molecule has 0 bridgehead atoms. The fourth-order valence-electron chi connectivity index (χ4n) is 5.94. The number of pyridine rings is 2. The van der Waals surface area contributed by atoms with Gasteiger partial charge in [0.2, 0.25) is 5.56 Å². The van der Waals surface area contributed by atoms with Crippen molar-refractivity contribution >= 4 is 16.6 Å². The first-order chi connectivity index (χ1) is 23.4. The number of aromatic amines is 1. The second-order valence-corrected chi connectivity index (χ2v) is 11.7. The van der Waals surface area contributed by atoms with Gasteiger partial charge in [-0.2, -0.15) is 0 Å². The number of H-pyrrole nitrogens is 1. The Kier molecular flexibility index (Phi) is 10.1. The molecule has 0 radical (unpaired) electrons. The number of ether oxygens (including phenoxy) is 1. The van der Waals surface area contributed by atoms with Crippen molar-refractivity contribution in [2.45, 2.75) is 25.6 Å². The number of aliphatic hydroxyl groups excluding tert-OH is 1. The van der Waals surface area contributed by atoms with Gasteiger partial charge in [-0.25, -0.2) is 0 Å². The number of methoxy groups -OCH3 is 1. The number of benzene rings is 4. The van der Waals surface area contributed by atoms with Crippen LogP contribution in [-0.2, 0) is 19.5 Å². The molecule has 0 aliphatic rings. The summed E-state index contributed by atoms with van der Waals surface area (Å²) in [5, 5.41) is 28.4. The minimum absolute atomic E-state index is 0.0356. The van der Waals surface area contributed by atoms with Gasteiger partial charge in [0, 0.05) is 54.7 Å². The quantitative estimate of drug-likeness (QED) is 0.0695. The Labute approximate surface area is 279 Å². The smallest absolute Gasteiger partial charge is 0.248 e. The molecule has 0 unspecified atom stereocenters. The number of rotatable bonds is 13. The number of nitrogens with zero attached hydrogens (tertiary/aromatic N) is 1. The van der Waals surface area contributed by atoms with Gasteiger partial charge in [0.05, 0.1) is 18.7 Å². The predicted molar refractivity (Wildman–Crippen MR) is 191 cm³/mol. The Morgan fingerprint density at radius 1 is 0.875 bits per heavy atom. The van der Waals surface area contributed by atoms with E-state index in [1.165, 1.54) is 17.7 Å². The van der Waals surface area contributed by atoms with Crippen LogP contribution in [-0.4, -0.2) is 40.4 Å². The van der Waals surface area contributed by atoms with Crippen molar-refractivity contribution in [2.24, 2.45) is 0 Å². The van der Waals surface area contributed by atoms with Gasteiger partial charge in [-0.15, -0.1) is 0 Å². The van der Waals surface area contributed by atoms with Crippen LogP contribution < -0.4 is 26.7 Å². The number of phenolic OH excluding ortho intramolecular Hbond substituents is 1. The van der Waals surface area contributed by atoms with E-state index in [-0.39, 0.29) is 11.3 Å². The molecular formula is C39H39N5O4. The van der Waals surface area contributed by atoms with E-state index in [9.17, 15) is 15.0 Å². The molecule has 6 rings (SSSR count). The average molecular weight is 642 g/mol. The van der Waals surface area contributed by atoms with Gasteiger partial charge in [0.1, 0.15) is 11.5 Å². The predicted octanol–water partition coefficient (Wildman–Crippen LogP) is 5.71. The van der Waals surface area contributed by atoms with Gasteiger partial charge in [-0.1, -0.05) is 48.5 Å². The second-order valence-electron chi connectivity index (χ2n) is 11.7. The van der Waals surface area contributed by atoms with Crippen molar-refractivity contribution in [3.63, 3.8) is 0 Å². The molecule has 2 heterocycles. The molecular weight excluding hydrogens is 602 g/mol. The summed E-state index contributed by atoms with van der Waals surface area (Å²) in [6, 6.07) is 30.9. The van der Waals surface area contributed by atoms with Crippen LogP contribution in [0.4, 0.5) is 5.69 Å². The standard InChI is InChI=1S/C39H39N5O4/c1-48-37-13-9-28(19-33(37)30-6-2-4-25(18-30)21-43-23-26-5-3-16-41-22-26)29-8-7-27(34(40)20-29)15-17-42-24-36(46)31-10-12-35(45)39-32(31)11-14-38(47)44-39/h2-14,16,18-20,22,36,42-43,45-46H,15,17,21,23-24,40H2,1H3,(H,44,47)/t36-/m0/s1. The molecule has 0 fully saturated rings. The van der Waals surface area contributed by atoms with Crippen molar-refractivity contribution in [3.05, 3.63) is 142 Å². The third-order valence-corrected chi connectivity index (χ3v) is 8.47. The monoisotopic (exact) mass is 641 g/mol. The van der Waals surface area contributed by atoms with Gasteiger partial charge in [0.25, 0.3) is 0 Å². The Balaban J connectivity index is 1.10. The molecule has 6 aromatic rings. The highest BCUT2D eigenvalue weighted by Crippen LogP contribution is 2.36. The van der Waals surface area contributed by atoms with E-state index >= 15 is 0 Å². The van der Waals surface area contributed by atoms with Crippen molar-refractivity contribution in [3.8, 4) is 33.8 Å². The Bertz CT molecular complexity index is 2080. The van der Waals surface area contributed by atoms with Crippen LogP contribution in [0.3, 0.4) is 0 Å². The first-order valence-electron chi connectivity index (χ1n) is 15.9. The summed E-state index contributed by atoms with van der Waals surface area (Å²) in [4.78, 5) is 18.5. The number of anilines is 1. The van der Waals surface area contributed by atoms with Crippen molar-refractivity contribution in [2.75, 3.05) is 25.9 Å². The van der Waals surface area contributed by atoms with E-state index in [0.29, 0.717) is 41.7 Å². The topological polar surface area (TPSA) is 146 Å². The third-order valence-electron chi connectivity index (χ3n) is 8.47. The highest BCUT2D eigenvalue weighted by atomic mass is 16.5. The first kappa shape index (κ1) is 32.5. The van der Waals surface area contributed by atoms with E-state index < -0.39 is 6.10 Å². The number of phenols is 1. The second kappa shape index (κ2) is 15.0. The summed E-state index contributed by atoms with van der Waals surface area (Å²) in [6.45, 7) is 2.38. The van der Waals surface area contributed by atoms with Crippen LogP contribution in [0, 0.1) is 0 Å². The number of aromatic hydroxyl groups is 1. The van der Waals surface area contributed by atoms with Gasteiger partial charge >= 0.3 is 0 Å². The number of nitrogens with two attached hydrogens (primary N) is 1. The van der Waals surface area contributed by atoms with Gasteiger partial charge < -0.3 is 36.3 Å². The molecule has 1 atom stereocenters. The normalized spacial score (nSPS) is 11.9. The zero-order valence-electron chi connectivity index (χ0n) is 26.7. The molecule has 0 amide bonds. The summed E-state index contributed by atoms with van der Waals surface area (Å²) in [5.41, 5.74) is 15.3. The maximum atomic E-state index is 11.7. The van der Waals surface area contributed by atoms with Crippen LogP contribution in [0.15, 0.2) is 114 Å². The summed E-state index contributed by atoms with van der Waals surface area (Å²) in [6.07, 6.45) is 3.50. The molecule has 2 aromatic heterocycles. The van der Waals surface area contributed by atoms with Crippen molar-refractivity contribution < 1.29 is 14.9 Å². The highest BCUT2D eigenvalue weighted by Gasteiger charge is 2.15.